The van der Waals surface area contributed by atoms with Crippen LogP contribution in [0.2, 0.25) is 0 Å². The Hall–Kier alpha value is -3.61. The number of aliphatic hydroxyl groups excluding tert-OH is 1. The summed E-state index contributed by atoms with van der Waals surface area (Å²) in [5.41, 5.74) is -0.0486. The van der Waals surface area contributed by atoms with Crippen LogP contribution in [0.4, 0.5) is 29.3 Å². The Balaban J connectivity index is 1.50. The van der Waals surface area contributed by atoms with Crippen LogP contribution in [0.15, 0.2) is 18.3 Å². The Kier molecular flexibility index (Phi) is 6.69. The molecule has 0 bridgehead atoms. The van der Waals surface area contributed by atoms with Gasteiger partial charge in [-0.2, -0.15) is 5.10 Å². The molecule has 1 aromatic carbocycles. The van der Waals surface area contributed by atoms with Gasteiger partial charge in [-0.05, 0) is 20.8 Å². The van der Waals surface area contributed by atoms with E-state index in [1.54, 1.807) is 25.5 Å². The van der Waals surface area contributed by atoms with Crippen molar-refractivity contribution in [2.75, 3.05) is 23.4 Å². The summed E-state index contributed by atoms with van der Waals surface area (Å²) < 4.78 is 42.0. The number of carbonyl (C=O) groups is 3. The number of fused-ring (bicyclic) bond motifs is 1. The van der Waals surface area contributed by atoms with Gasteiger partial charge >= 0.3 is 6.03 Å². The lowest BCUT2D eigenvalue weighted by Crippen LogP contribution is -2.49. The highest BCUT2D eigenvalue weighted by molar-refractivity contribution is 6.01. The van der Waals surface area contributed by atoms with Crippen LogP contribution < -0.4 is 15.5 Å². The highest BCUT2D eigenvalue weighted by Crippen LogP contribution is 2.32. The average Bonchev–Trinajstić information content (AvgIpc) is 3.39. The number of hydrogen-bond acceptors (Lipinski definition) is 5. The van der Waals surface area contributed by atoms with E-state index in [1.165, 1.54) is 16.0 Å². The van der Waals surface area contributed by atoms with E-state index in [2.05, 4.69) is 15.7 Å². The maximum Gasteiger partial charge on any atom is 0.322 e. The Morgan fingerprint density at radius 3 is 2.50 bits per heavy atom. The number of anilines is 2. The van der Waals surface area contributed by atoms with Gasteiger partial charge in [0.15, 0.2) is 17.5 Å². The summed E-state index contributed by atoms with van der Waals surface area (Å²) in [6, 6.07) is 0.357. The highest BCUT2D eigenvalue weighted by atomic mass is 19.2. The molecule has 4 rings (SSSR count). The van der Waals surface area contributed by atoms with E-state index in [4.69, 9.17) is 0 Å². The summed E-state index contributed by atoms with van der Waals surface area (Å²) in [4.78, 5) is 41.2. The first-order valence-electron chi connectivity index (χ1n) is 11.4. The van der Waals surface area contributed by atoms with Crippen molar-refractivity contribution in [2.24, 2.45) is 5.92 Å². The minimum atomic E-state index is -1.63. The van der Waals surface area contributed by atoms with Gasteiger partial charge in [0.1, 0.15) is 0 Å². The molecule has 1 unspecified atom stereocenters. The van der Waals surface area contributed by atoms with Gasteiger partial charge in [-0.25, -0.2) is 18.0 Å². The van der Waals surface area contributed by atoms with Gasteiger partial charge in [0.2, 0.25) is 11.8 Å². The van der Waals surface area contributed by atoms with Crippen LogP contribution in [0.5, 0.6) is 0 Å². The minimum absolute atomic E-state index is 0.0136. The number of amides is 4. The zero-order chi connectivity index (χ0) is 26.4. The van der Waals surface area contributed by atoms with Crippen LogP contribution in [-0.4, -0.2) is 62.4 Å². The third kappa shape index (κ3) is 4.87. The monoisotopic (exact) mass is 508 g/mol. The molecule has 1 aromatic heterocycles. The molecule has 13 heteroatoms. The SMILES string of the molecule is C[C@H]1Cn2ncc(N3CC(C(=O)NC(C)(C)CO)CC3=O)c2CN1C(=O)Nc1cc(F)c(F)c(F)c1. The Bertz CT molecular complexity index is 1190. The summed E-state index contributed by atoms with van der Waals surface area (Å²) in [5, 5.41) is 18.8. The lowest BCUT2D eigenvalue weighted by molar-refractivity contribution is -0.128. The molecule has 3 heterocycles. The van der Waals surface area contributed by atoms with E-state index in [0.717, 1.165) is 0 Å². The number of urea groups is 1. The fraction of sp³-hybridized carbons (Fsp3) is 0.478. The van der Waals surface area contributed by atoms with Crippen molar-refractivity contribution < 1.29 is 32.7 Å². The standard InChI is InChI=1S/C23H27F3N6O4/c1-12-8-32-18(10-30(12)22(36)28-14-5-15(24)20(26)16(25)6-14)17(7-27-32)31-9-13(4-19(31)34)21(35)29-23(2,3)11-33/h5-7,12-13,33H,4,8-11H2,1-3H3,(H,28,36)(H,29,35)/t12-,13?/m0/s1. The molecule has 3 N–H and O–H groups in total. The first-order valence-corrected chi connectivity index (χ1v) is 11.4. The highest BCUT2D eigenvalue weighted by Gasteiger charge is 2.40. The second-order valence-electron chi connectivity index (χ2n) is 9.76. The molecule has 36 heavy (non-hydrogen) atoms. The van der Waals surface area contributed by atoms with Crippen molar-refractivity contribution >= 4 is 29.2 Å². The van der Waals surface area contributed by atoms with Gasteiger partial charge in [-0.15, -0.1) is 0 Å². The van der Waals surface area contributed by atoms with E-state index in [0.29, 0.717) is 30.1 Å². The van der Waals surface area contributed by atoms with Crippen LogP contribution in [0, 0.1) is 23.4 Å². The molecule has 2 atom stereocenters. The first kappa shape index (κ1) is 25.5. The largest absolute Gasteiger partial charge is 0.394 e. The summed E-state index contributed by atoms with van der Waals surface area (Å²) in [7, 11) is 0. The van der Waals surface area contributed by atoms with Crippen molar-refractivity contribution in [3.63, 3.8) is 0 Å². The van der Waals surface area contributed by atoms with Crippen molar-refractivity contribution in [3.8, 4) is 0 Å². The number of aromatic nitrogens is 2. The van der Waals surface area contributed by atoms with Crippen molar-refractivity contribution in [1.29, 1.82) is 0 Å². The molecule has 194 valence electrons. The molecule has 0 spiro atoms. The minimum Gasteiger partial charge on any atom is -0.394 e. The maximum absolute atomic E-state index is 13.6. The van der Waals surface area contributed by atoms with Crippen LogP contribution >= 0.6 is 0 Å². The Labute approximate surface area is 205 Å². The second kappa shape index (κ2) is 9.45. The number of benzene rings is 1. The Morgan fingerprint density at radius 1 is 1.19 bits per heavy atom. The van der Waals surface area contributed by atoms with Crippen molar-refractivity contribution in [2.45, 2.75) is 51.9 Å². The van der Waals surface area contributed by atoms with Gasteiger partial charge in [0.25, 0.3) is 0 Å². The van der Waals surface area contributed by atoms with Gasteiger partial charge in [-0.1, -0.05) is 0 Å². The second-order valence-corrected chi connectivity index (χ2v) is 9.76. The molecule has 0 saturated carbocycles. The third-order valence-corrected chi connectivity index (χ3v) is 6.36. The molecule has 2 aliphatic heterocycles. The fourth-order valence-electron chi connectivity index (χ4n) is 4.30. The van der Waals surface area contributed by atoms with E-state index in [1.807, 2.05) is 0 Å². The van der Waals surface area contributed by atoms with E-state index in [9.17, 15) is 32.7 Å². The van der Waals surface area contributed by atoms with Crippen LogP contribution in [-0.2, 0) is 22.7 Å². The molecule has 2 aliphatic rings. The number of carbonyl (C=O) groups excluding carboxylic acids is 3. The molecular weight excluding hydrogens is 481 g/mol. The molecule has 4 amide bonds. The number of nitrogens with zero attached hydrogens (tertiary/aromatic N) is 4. The summed E-state index contributed by atoms with van der Waals surface area (Å²) in [5.74, 6) is -5.73. The topological polar surface area (TPSA) is 120 Å². The Morgan fingerprint density at radius 2 is 1.86 bits per heavy atom. The maximum atomic E-state index is 13.6. The zero-order valence-electron chi connectivity index (χ0n) is 20.0. The predicted octanol–water partition coefficient (Wildman–Crippen LogP) is 1.98. The van der Waals surface area contributed by atoms with E-state index < -0.39 is 34.9 Å². The molecular formula is C23H27F3N6O4. The zero-order valence-corrected chi connectivity index (χ0v) is 20.0. The predicted molar refractivity (Wildman–Crippen MR) is 122 cm³/mol. The van der Waals surface area contributed by atoms with Crippen molar-refractivity contribution in [1.82, 2.24) is 20.0 Å². The van der Waals surface area contributed by atoms with E-state index >= 15 is 0 Å². The lowest BCUT2D eigenvalue weighted by atomic mass is 10.0. The van der Waals surface area contributed by atoms with Crippen molar-refractivity contribution in [3.05, 3.63) is 41.5 Å². The smallest absolute Gasteiger partial charge is 0.322 e. The summed E-state index contributed by atoms with van der Waals surface area (Å²) >= 11 is 0. The van der Waals surface area contributed by atoms with E-state index in [-0.39, 0.29) is 49.7 Å². The number of aliphatic hydroxyl groups is 1. The average molecular weight is 509 g/mol. The lowest BCUT2D eigenvalue weighted by Gasteiger charge is -2.35. The molecule has 2 aromatic rings. The molecule has 0 radical (unpaired) electrons. The fourth-order valence-corrected chi connectivity index (χ4v) is 4.30. The summed E-state index contributed by atoms with van der Waals surface area (Å²) in [6.07, 6.45) is 1.49. The van der Waals surface area contributed by atoms with Gasteiger partial charge in [0.05, 0.1) is 54.8 Å². The van der Waals surface area contributed by atoms with Gasteiger partial charge < -0.3 is 25.5 Å². The third-order valence-electron chi connectivity index (χ3n) is 6.36. The first-order chi connectivity index (χ1) is 16.9. The normalized spacial score (nSPS) is 19.9. The number of nitrogens with one attached hydrogen (secondary N) is 2. The van der Waals surface area contributed by atoms with Crippen LogP contribution in [0.25, 0.3) is 0 Å². The molecule has 10 nitrogen and oxygen atoms in total. The number of halogens is 3. The summed E-state index contributed by atoms with van der Waals surface area (Å²) in [6.45, 7) is 5.29. The van der Waals surface area contributed by atoms with Gasteiger partial charge in [0, 0.05) is 30.8 Å². The van der Waals surface area contributed by atoms with Crippen LogP contribution in [0.3, 0.4) is 0 Å². The van der Waals surface area contributed by atoms with Gasteiger partial charge in [-0.3, -0.25) is 14.3 Å². The number of rotatable bonds is 5. The van der Waals surface area contributed by atoms with Crippen LogP contribution in [0.1, 0.15) is 32.9 Å². The molecule has 0 aliphatic carbocycles. The quantitative estimate of drug-likeness (QED) is 0.534. The molecule has 1 fully saturated rings. The molecule has 1 saturated heterocycles. The number of hydrogen-bond donors (Lipinski definition) is 3.